The Balaban J connectivity index is 1.62. The van der Waals surface area contributed by atoms with E-state index < -0.39 is 0 Å². The standard InChI is InChI=1S/C21H36N2/c1-2-3-4-5-6-7-9-19-11-13-20(14-12-19)15-17-23-16-8-10-21(22)18-23/h11-14,21H,2-10,15-18,22H2,1H3. The second kappa shape index (κ2) is 10.8. The van der Waals surface area contributed by atoms with Gasteiger partial charge in [0.1, 0.15) is 0 Å². The molecule has 1 unspecified atom stereocenters. The molecule has 2 rings (SSSR count). The summed E-state index contributed by atoms with van der Waals surface area (Å²) in [6, 6.07) is 9.72. The molecule has 1 saturated heterocycles. The van der Waals surface area contributed by atoms with Crippen molar-refractivity contribution in [2.24, 2.45) is 5.73 Å². The minimum absolute atomic E-state index is 0.392. The van der Waals surface area contributed by atoms with E-state index in [9.17, 15) is 0 Å². The van der Waals surface area contributed by atoms with Crippen molar-refractivity contribution < 1.29 is 0 Å². The zero-order valence-electron chi connectivity index (χ0n) is 15.1. The third-order valence-electron chi connectivity index (χ3n) is 5.10. The van der Waals surface area contributed by atoms with Crippen molar-refractivity contribution in [1.82, 2.24) is 4.90 Å². The van der Waals surface area contributed by atoms with Crippen molar-refractivity contribution >= 4 is 0 Å². The van der Waals surface area contributed by atoms with Crippen LogP contribution in [0.5, 0.6) is 0 Å². The first-order valence-corrected chi connectivity index (χ1v) is 9.83. The van der Waals surface area contributed by atoms with Crippen LogP contribution in [0.25, 0.3) is 0 Å². The Morgan fingerprint density at radius 1 is 0.957 bits per heavy atom. The van der Waals surface area contributed by atoms with Gasteiger partial charge in [0.25, 0.3) is 0 Å². The van der Waals surface area contributed by atoms with Crippen molar-refractivity contribution in [1.29, 1.82) is 0 Å². The summed E-state index contributed by atoms with van der Waals surface area (Å²) in [6.07, 6.45) is 13.1. The van der Waals surface area contributed by atoms with Crippen LogP contribution in [0.15, 0.2) is 24.3 Å². The molecule has 0 radical (unpaired) electrons. The average molecular weight is 317 g/mol. The third kappa shape index (κ3) is 7.50. The van der Waals surface area contributed by atoms with Crippen LogP contribution in [0.2, 0.25) is 0 Å². The molecule has 1 fully saturated rings. The highest BCUT2D eigenvalue weighted by atomic mass is 15.1. The van der Waals surface area contributed by atoms with Gasteiger partial charge in [0, 0.05) is 19.1 Å². The lowest BCUT2D eigenvalue weighted by Crippen LogP contribution is -2.43. The molecule has 1 atom stereocenters. The number of benzene rings is 1. The number of nitrogens with zero attached hydrogens (tertiary/aromatic N) is 1. The number of aryl methyl sites for hydroxylation is 1. The summed E-state index contributed by atoms with van der Waals surface area (Å²) in [5.74, 6) is 0. The van der Waals surface area contributed by atoms with Crippen molar-refractivity contribution in [2.75, 3.05) is 19.6 Å². The number of likely N-dealkylation sites (tertiary alicyclic amines) is 1. The van der Waals surface area contributed by atoms with E-state index in [4.69, 9.17) is 5.73 Å². The molecular weight excluding hydrogens is 280 g/mol. The maximum atomic E-state index is 6.06. The Kier molecular flexibility index (Phi) is 8.70. The average Bonchev–Trinajstić information content (AvgIpc) is 2.57. The minimum Gasteiger partial charge on any atom is -0.327 e. The molecule has 1 aromatic carbocycles. The predicted octanol–water partition coefficient (Wildman–Crippen LogP) is 4.56. The quantitative estimate of drug-likeness (QED) is 0.641. The molecule has 23 heavy (non-hydrogen) atoms. The van der Waals surface area contributed by atoms with Crippen LogP contribution in [0, 0.1) is 0 Å². The van der Waals surface area contributed by atoms with Gasteiger partial charge in [-0.3, -0.25) is 0 Å². The van der Waals surface area contributed by atoms with Gasteiger partial charge >= 0.3 is 0 Å². The van der Waals surface area contributed by atoms with E-state index in [1.54, 1.807) is 0 Å². The molecule has 1 aliphatic rings. The third-order valence-corrected chi connectivity index (χ3v) is 5.10. The second-order valence-corrected chi connectivity index (χ2v) is 7.29. The molecule has 2 nitrogen and oxygen atoms in total. The highest BCUT2D eigenvalue weighted by Gasteiger charge is 2.15. The molecule has 0 spiro atoms. The van der Waals surface area contributed by atoms with Crippen LogP contribution in [0.4, 0.5) is 0 Å². The van der Waals surface area contributed by atoms with Crippen molar-refractivity contribution in [2.45, 2.75) is 77.2 Å². The maximum absolute atomic E-state index is 6.06. The summed E-state index contributed by atoms with van der Waals surface area (Å²) in [7, 11) is 0. The van der Waals surface area contributed by atoms with Gasteiger partial charge < -0.3 is 10.6 Å². The molecule has 130 valence electrons. The van der Waals surface area contributed by atoms with Gasteiger partial charge in [-0.1, -0.05) is 63.3 Å². The Morgan fingerprint density at radius 3 is 2.30 bits per heavy atom. The van der Waals surface area contributed by atoms with Crippen molar-refractivity contribution in [3.05, 3.63) is 35.4 Å². The molecule has 0 aromatic heterocycles. The van der Waals surface area contributed by atoms with Gasteiger partial charge in [0.2, 0.25) is 0 Å². The van der Waals surface area contributed by atoms with E-state index in [0.717, 1.165) is 19.5 Å². The Bertz CT molecular complexity index is 412. The highest BCUT2D eigenvalue weighted by Crippen LogP contribution is 2.13. The Hall–Kier alpha value is -0.860. The molecule has 0 bridgehead atoms. The second-order valence-electron chi connectivity index (χ2n) is 7.29. The fourth-order valence-corrected chi connectivity index (χ4v) is 3.56. The lowest BCUT2D eigenvalue weighted by Gasteiger charge is -2.30. The fourth-order valence-electron chi connectivity index (χ4n) is 3.56. The van der Waals surface area contributed by atoms with Crippen LogP contribution in [0.3, 0.4) is 0 Å². The van der Waals surface area contributed by atoms with Crippen molar-refractivity contribution in [3.8, 4) is 0 Å². The number of nitrogens with two attached hydrogens (primary N) is 1. The molecule has 0 amide bonds. The van der Waals surface area contributed by atoms with E-state index in [-0.39, 0.29) is 0 Å². The predicted molar refractivity (Wildman–Crippen MR) is 101 cm³/mol. The van der Waals surface area contributed by atoms with Gasteiger partial charge in [0.15, 0.2) is 0 Å². The zero-order chi connectivity index (χ0) is 16.3. The summed E-state index contributed by atoms with van der Waals surface area (Å²) in [6.45, 7) is 5.74. The smallest absolute Gasteiger partial charge is 0.0168 e. The largest absolute Gasteiger partial charge is 0.327 e. The lowest BCUT2D eigenvalue weighted by atomic mass is 10.0. The minimum atomic E-state index is 0.392. The first-order valence-electron chi connectivity index (χ1n) is 9.83. The molecule has 0 aliphatic carbocycles. The van der Waals surface area contributed by atoms with Crippen LogP contribution in [-0.2, 0) is 12.8 Å². The number of unbranched alkanes of at least 4 members (excludes halogenated alkanes) is 5. The topological polar surface area (TPSA) is 29.3 Å². The number of piperidine rings is 1. The van der Waals surface area contributed by atoms with E-state index in [1.807, 2.05) is 0 Å². The van der Waals surface area contributed by atoms with E-state index >= 15 is 0 Å². The molecule has 1 aromatic rings. The Morgan fingerprint density at radius 2 is 1.61 bits per heavy atom. The van der Waals surface area contributed by atoms with Crippen LogP contribution in [0.1, 0.15) is 69.4 Å². The molecule has 1 aliphatic heterocycles. The summed E-state index contributed by atoms with van der Waals surface area (Å²) in [5.41, 5.74) is 9.03. The van der Waals surface area contributed by atoms with Crippen LogP contribution in [-0.4, -0.2) is 30.6 Å². The molecule has 0 saturated carbocycles. The summed E-state index contributed by atoms with van der Waals surface area (Å²) in [4.78, 5) is 2.53. The Labute approximate surface area is 143 Å². The van der Waals surface area contributed by atoms with Gasteiger partial charge in [-0.25, -0.2) is 0 Å². The van der Waals surface area contributed by atoms with E-state index in [0.29, 0.717) is 6.04 Å². The summed E-state index contributed by atoms with van der Waals surface area (Å²) >= 11 is 0. The number of hydrogen-bond donors (Lipinski definition) is 1. The van der Waals surface area contributed by atoms with E-state index in [1.165, 1.54) is 75.5 Å². The van der Waals surface area contributed by atoms with Crippen LogP contribution >= 0.6 is 0 Å². The molecule has 2 N–H and O–H groups in total. The van der Waals surface area contributed by atoms with Crippen LogP contribution < -0.4 is 5.73 Å². The number of hydrogen-bond acceptors (Lipinski definition) is 2. The van der Waals surface area contributed by atoms with Gasteiger partial charge in [0.05, 0.1) is 0 Å². The zero-order valence-corrected chi connectivity index (χ0v) is 15.1. The lowest BCUT2D eigenvalue weighted by molar-refractivity contribution is 0.211. The molecule has 2 heteroatoms. The van der Waals surface area contributed by atoms with E-state index in [2.05, 4.69) is 36.1 Å². The maximum Gasteiger partial charge on any atom is 0.0168 e. The monoisotopic (exact) mass is 316 g/mol. The number of rotatable bonds is 10. The fraction of sp³-hybridized carbons (Fsp3) is 0.714. The van der Waals surface area contributed by atoms with Gasteiger partial charge in [-0.2, -0.15) is 0 Å². The molecular formula is C21H36N2. The van der Waals surface area contributed by atoms with Gasteiger partial charge in [-0.15, -0.1) is 0 Å². The summed E-state index contributed by atoms with van der Waals surface area (Å²) in [5, 5.41) is 0. The van der Waals surface area contributed by atoms with Gasteiger partial charge in [-0.05, 0) is 49.8 Å². The SMILES string of the molecule is CCCCCCCCc1ccc(CCN2CCCC(N)C2)cc1. The van der Waals surface area contributed by atoms with Crippen molar-refractivity contribution in [3.63, 3.8) is 0 Å². The highest BCUT2D eigenvalue weighted by molar-refractivity contribution is 5.22. The summed E-state index contributed by atoms with van der Waals surface area (Å²) < 4.78 is 0. The first kappa shape index (κ1) is 18.5. The molecule has 1 heterocycles. The first-order chi connectivity index (χ1) is 11.3. The normalized spacial score (nSPS) is 19.1.